The minimum absolute atomic E-state index is 0.112. The highest BCUT2D eigenvalue weighted by Gasteiger charge is 2.13. The summed E-state index contributed by atoms with van der Waals surface area (Å²) in [6, 6.07) is 19.5. The van der Waals surface area contributed by atoms with Crippen LogP contribution in [0.1, 0.15) is 21.5 Å². The first-order valence-electron chi connectivity index (χ1n) is 9.93. The zero-order chi connectivity index (χ0) is 24.2. The summed E-state index contributed by atoms with van der Waals surface area (Å²) in [6.45, 7) is 0.256. The molecule has 0 saturated heterocycles. The van der Waals surface area contributed by atoms with Crippen molar-refractivity contribution >= 4 is 78.0 Å². The van der Waals surface area contributed by atoms with E-state index in [2.05, 4.69) is 42.4 Å². The molecule has 0 atom stereocenters. The van der Waals surface area contributed by atoms with Gasteiger partial charge in [-0.3, -0.25) is 4.79 Å². The van der Waals surface area contributed by atoms with Crippen LogP contribution in [0.3, 0.4) is 0 Å². The minimum Gasteiger partial charge on any atom is -0.507 e. The van der Waals surface area contributed by atoms with E-state index in [-0.39, 0.29) is 17.9 Å². The number of amides is 1. The van der Waals surface area contributed by atoms with E-state index < -0.39 is 5.91 Å². The number of carbonyl (C=O) groups is 1. The first-order chi connectivity index (χ1) is 16.3. The number of nitrogens with zero attached hydrogens (tertiary/aromatic N) is 1. The van der Waals surface area contributed by atoms with Gasteiger partial charge in [-0.2, -0.15) is 5.10 Å². The zero-order valence-electron chi connectivity index (χ0n) is 17.4. The molecule has 0 aliphatic carbocycles. The van der Waals surface area contributed by atoms with Crippen molar-refractivity contribution in [1.29, 1.82) is 0 Å². The zero-order valence-corrected chi connectivity index (χ0v) is 22.0. The molecule has 0 radical (unpaired) electrons. The average molecular weight is 623 g/mol. The summed E-state index contributed by atoms with van der Waals surface area (Å²) in [5.41, 5.74) is 4.10. The second-order valence-electron chi connectivity index (χ2n) is 7.25. The van der Waals surface area contributed by atoms with Gasteiger partial charge in [-0.15, -0.1) is 0 Å². The summed E-state index contributed by atoms with van der Waals surface area (Å²) in [6.07, 6.45) is 1.49. The fourth-order valence-electron chi connectivity index (χ4n) is 3.22. The van der Waals surface area contributed by atoms with E-state index >= 15 is 0 Å². The Labute approximate surface area is 222 Å². The number of fused-ring (bicyclic) bond motifs is 1. The highest BCUT2D eigenvalue weighted by atomic mass is 79.9. The topological polar surface area (TPSA) is 70.9 Å². The van der Waals surface area contributed by atoms with E-state index in [1.807, 2.05) is 30.3 Å². The van der Waals surface area contributed by atoms with Gasteiger partial charge in [-0.25, -0.2) is 5.43 Å². The molecule has 0 aliphatic heterocycles. The van der Waals surface area contributed by atoms with Crippen LogP contribution in [0.25, 0.3) is 10.8 Å². The molecule has 2 N–H and O–H groups in total. The van der Waals surface area contributed by atoms with Crippen molar-refractivity contribution in [3.63, 3.8) is 0 Å². The number of hydrazone groups is 1. The van der Waals surface area contributed by atoms with Gasteiger partial charge in [0.05, 0.1) is 20.7 Å². The predicted molar refractivity (Wildman–Crippen MR) is 143 cm³/mol. The predicted octanol–water partition coefficient (Wildman–Crippen LogP) is 7.72. The molecule has 0 unspecified atom stereocenters. The van der Waals surface area contributed by atoms with E-state index in [4.69, 9.17) is 27.9 Å². The van der Waals surface area contributed by atoms with Gasteiger partial charge in [0.2, 0.25) is 0 Å². The number of ether oxygens (including phenoxy) is 1. The van der Waals surface area contributed by atoms with Crippen LogP contribution in [0.4, 0.5) is 0 Å². The first-order valence-corrected chi connectivity index (χ1v) is 12.3. The van der Waals surface area contributed by atoms with E-state index in [9.17, 15) is 9.90 Å². The molecule has 4 aromatic carbocycles. The molecule has 0 aromatic heterocycles. The lowest BCUT2D eigenvalue weighted by Gasteiger charge is -2.12. The van der Waals surface area contributed by atoms with Crippen LogP contribution in [0.2, 0.25) is 10.0 Å². The largest absolute Gasteiger partial charge is 0.507 e. The number of aromatic hydroxyl groups is 1. The molecule has 4 aromatic rings. The second-order valence-corrected chi connectivity index (χ2v) is 9.81. The molecule has 0 spiro atoms. The standard InChI is InChI=1S/C25H16Br2Cl2N2O3/c26-20-7-14(8-21(27)24(20)34-13-17-5-6-18(28)11-22(17)29)12-30-31-25(33)19-9-15-3-1-2-4-16(15)10-23(19)32/h1-12,32H,13H2,(H,31,33). The summed E-state index contributed by atoms with van der Waals surface area (Å²) in [4.78, 5) is 12.5. The molecular formula is C25H16Br2Cl2N2O3. The van der Waals surface area contributed by atoms with E-state index in [0.717, 1.165) is 16.3 Å². The molecule has 4 rings (SSSR count). The fraction of sp³-hybridized carbons (Fsp3) is 0.0400. The lowest BCUT2D eigenvalue weighted by atomic mass is 10.1. The van der Waals surface area contributed by atoms with E-state index in [0.29, 0.717) is 30.3 Å². The molecule has 34 heavy (non-hydrogen) atoms. The molecule has 0 aliphatic rings. The number of carbonyl (C=O) groups excluding carboxylic acids is 1. The number of hydrogen-bond acceptors (Lipinski definition) is 4. The van der Waals surface area contributed by atoms with Crippen LogP contribution >= 0.6 is 55.1 Å². The van der Waals surface area contributed by atoms with Crippen molar-refractivity contribution in [2.45, 2.75) is 6.61 Å². The van der Waals surface area contributed by atoms with Crippen molar-refractivity contribution < 1.29 is 14.6 Å². The molecule has 0 heterocycles. The summed E-state index contributed by atoms with van der Waals surface area (Å²) in [5, 5.41) is 17.0. The van der Waals surface area contributed by atoms with Gasteiger partial charge in [0.25, 0.3) is 5.91 Å². The van der Waals surface area contributed by atoms with Crippen LogP contribution in [0, 0.1) is 0 Å². The van der Waals surface area contributed by atoms with Gasteiger partial charge in [0.15, 0.2) is 0 Å². The molecule has 5 nitrogen and oxygen atoms in total. The Balaban J connectivity index is 1.44. The van der Waals surface area contributed by atoms with E-state index in [1.165, 1.54) is 6.21 Å². The molecule has 0 bridgehead atoms. The van der Waals surface area contributed by atoms with Crippen molar-refractivity contribution in [2.24, 2.45) is 5.10 Å². The number of phenols is 1. The smallest absolute Gasteiger partial charge is 0.275 e. The summed E-state index contributed by atoms with van der Waals surface area (Å²) in [5.74, 6) is -0.0371. The summed E-state index contributed by atoms with van der Waals surface area (Å²) in [7, 11) is 0. The fourth-order valence-corrected chi connectivity index (χ4v) is 5.13. The Kier molecular flexibility index (Phi) is 7.78. The first kappa shape index (κ1) is 24.5. The lowest BCUT2D eigenvalue weighted by Crippen LogP contribution is -2.17. The van der Waals surface area contributed by atoms with E-state index in [1.54, 1.807) is 36.4 Å². The number of halogens is 4. The van der Waals surface area contributed by atoms with Crippen LogP contribution < -0.4 is 10.2 Å². The maximum Gasteiger partial charge on any atom is 0.275 e. The highest BCUT2D eigenvalue weighted by molar-refractivity contribution is 9.11. The summed E-state index contributed by atoms with van der Waals surface area (Å²) < 4.78 is 7.29. The molecule has 172 valence electrons. The SMILES string of the molecule is O=C(NN=Cc1cc(Br)c(OCc2ccc(Cl)cc2Cl)c(Br)c1)c1cc2ccccc2cc1O. The third-order valence-electron chi connectivity index (χ3n) is 4.90. The van der Waals surface area contributed by atoms with Crippen molar-refractivity contribution in [1.82, 2.24) is 5.43 Å². The molecule has 0 saturated carbocycles. The third kappa shape index (κ3) is 5.73. The van der Waals surface area contributed by atoms with Gasteiger partial charge in [-0.05, 0) is 84.6 Å². The van der Waals surface area contributed by atoms with Gasteiger partial charge in [0, 0.05) is 15.6 Å². The molecule has 0 fully saturated rings. The third-order valence-corrected chi connectivity index (χ3v) is 6.66. The van der Waals surface area contributed by atoms with Gasteiger partial charge >= 0.3 is 0 Å². The van der Waals surface area contributed by atoms with Gasteiger partial charge < -0.3 is 9.84 Å². The Morgan fingerprint density at radius 3 is 2.35 bits per heavy atom. The van der Waals surface area contributed by atoms with Crippen molar-refractivity contribution in [3.05, 3.63) is 102 Å². The molecule has 1 amide bonds. The maximum atomic E-state index is 12.5. The Morgan fingerprint density at radius 2 is 1.68 bits per heavy atom. The Bertz CT molecular complexity index is 1400. The van der Waals surface area contributed by atoms with Crippen molar-refractivity contribution in [3.8, 4) is 11.5 Å². The van der Waals surface area contributed by atoms with Crippen LogP contribution in [0.15, 0.2) is 80.8 Å². The lowest BCUT2D eigenvalue weighted by molar-refractivity contribution is 0.0952. The normalized spacial score (nSPS) is 11.2. The Hall–Kier alpha value is -2.58. The molecule has 9 heteroatoms. The molecular weight excluding hydrogens is 607 g/mol. The average Bonchev–Trinajstić information content (AvgIpc) is 2.79. The Morgan fingerprint density at radius 1 is 1.00 bits per heavy atom. The number of hydrogen-bond donors (Lipinski definition) is 2. The van der Waals surface area contributed by atoms with Crippen LogP contribution in [-0.4, -0.2) is 17.2 Å². The number of phenolic OH excluding ortho intramolecular Hbond substituents is 1. The van der Waals surface area contributed by atoms with Crippen molar-refractivity contribution in [2.75, 3.05) is 0 Å². The van der Waals surface area contributed by atoms with Gasteiger partial charge in [-0.1, -0.05) is 53.5 Å². The summed E-state index contributed by atoms with van der Waals surface area (Å²) >= 11 is 19.1. The second kappa shape index (κ2) is 10.8. The van der Waals surface area contributed by atoms with Gasteiger partial charge in [0.1, 0.15) is 18.1 Å². The van der Waals surface area contributed by atoms with Crippen LogP contribution in [0.5, 0.6) is 11.5 Å². The quantitative estimate of drug-likeness (QED) is 0.171. The monoisotopic (exact) mass is 620 g/mol. The van der Waals surface area contributed by atoms with Crippen LogP contribution in [-0.2, 0) is 6.61 Å². The number of rotatable bonds is 6. The minimum atomic E-state index is -0.516. The highest BCUT2D eigenvalue weighted by Crippen LogP contribution is 2.35. The number of benzene rings is 4. The maximum absolute atomic E-state index is 12.5. The number of nitrogens with one attached hydrogen (secondary N) is 1.